The third kappa shape index (κ3) is 1.48. The zero-order valence-corrected chi connectivity index (χ0v) is 9.76. The standard InChI is InChI=1S/C13H20O3/c1-2-13(15)16-12-4-7-3-11(12)10-6-8(14)5-9(7)10/h7-12,14H,2-6H2,1H3. The normalized spacial score (nSPS) is 49.4. The SMILES string of the molecule is CCC(=O)OC1CC2CC1C1CC(O)CC21. The maximum absolute atomic E-state index is 11.3. The van der Waals surface area contributed by atoms with Gasteiger partial charge in [-0.2, -0.15) is 0 Å². The Morgan fingerprint density at radius 2 is 1.94 bits per heavy atom. The summed E-state index contributed by atoms with van der Waals surface area (Å²) in [6.07, 6.45) is 4.73. The molecule has 90 valence electrons. The highest BCUT2D eigenvalue weighted by Gasteiger charge is 2.56. The molecule has 0 heterocycles. The molecule has 6 atom stereocenters. The van der Waals surface area contributed by atoms with E-state index in [0.717, 1.165) is 25.2 Å². The van der Waals surface area contributed by atoms with Crippen molar-refractivity contribution in [2.45, 2.75) is 51.2 Å². The molecule has 0 radical (unpaired) electrons. The second-order valence-corrected chi connectivity index (χ2v) is 5.73. The van der Waals surface area contributed by atoms with Gasteiger partial charge in [-0.3, -0.25) is 4.79 Å². The first-order valence-electron chi connectivity index (χ1n) is 6.56. The molecule has 1 N–H and O–H groups in total. The van der Waals surface area contributed by atoms with Gasteiger partial charge in [0.25, 0.3) is 0 Å². The van der Waals surface area contributed by atoms with E-state index in [1.807, 2.05) is 6.92 Å². The highest BCUT2D eigenvalue weighted by molar-refractivity contribution is 5.69. The van der Waals surface area contributed by atoms with Crippen LogP contribution in [0.15, 0.2) is 0 Å². The van der Waals surface area contributed by atoms with E-state index in [0.29, 0.717) is 24.2 Å². The molecule has 3 aliphatic carbocycles. The molecule has 3 aliphatic rings. The predicted molar refractivity (Wildman–Crippen MR) is 58.6 cm³/mol. The fraction of sp³-hybridized carbons (Fsp3) is 0.923. The van der Waals surface area contributed by atoms with Crippen molar-refractivity contribution in [3.05, 3.63) is 0 Å². The summed E-state index contributed by atoms with van der Waals surface area (Å²) in [5.41, 5.74) is 0. The fourth-order valence-corrected chi connectivity index (χ4v) is 4.37. The first-order valence-corrected chi connectivity index (χ1v) is 6.56. The second-order valence-electron chi connectivity index (χ2n) is 5.73. The topological polar surface area (TPSA) is 46.5 Å². The molecular formula is C13H20O3. The average Bonchev–Trinajstić information content (AvgIpc) is 2.87. The van der Waals surface area contributed by atoms with Crippen molar-refractivity contribution in [3.63, 3.8) is 0 Å². The van der Waals surface area contributed by atoms with Crippen LogP contribution in [0.2, 0.25) is 0 Å². The van der Waals surface area contributed by atoms with Gasteiger partial charge in [0.15, 0.2) is 0 Å². The summed E-state index contributed by atoms with van der Waals surface area (Å²) in [7, 11) is 0. The Labute approximate surface area is 96.2 Å². The number of esters is 1. The Balaban J connectivity index is 1.68. The molecule has 3 saturated carbocycles. The number of aliphatic hydroxyl groups is 1. The van der Waals surface area contributed by atoms with Gasteiger partial charge in [0, 0.05) is 6.42 Å². The number of hydrogen-bond acceptors (Lipinski definition) is 3. The van der Waals surface area contributed by atoms with E-state index in [1.54, 1.807) is 0 Å². The lowest BCUT2D eigenvalue weighted by Crippen LogP contribution is -2.31. The number of carbonyl (C=O) groups is 1. The van der Waals surface area contributed by atoms with Crippen molar-refractivity contribution in [3.8, 4) is 0 Å². The number of fused-ring (bicyclic) bond motifs is 5. The van der Waals surface area contributed by atoms with Gasteiger partial charge in [-0.25, -0.2) is 0 Å². The number of carbonyl (C=O) groups excluding carboxylic acids is 1. The molecule has 3 nitrogen and oxygen atoms in total. The maximum Gasteiger partial charge on any atom is 0.305 e. The van der Waals surface area contributed by atoms with Crippen molar-refractivity contribution in [1.82, 2.24) is 0 Å². The van der Waals surface area contributed by atoms with Crippen LogP contribution >= 0.6 is 0 Å². The molecular weight excluding hydrogens is 204 g/mol. The minimum atomic E-state index is -0.0964. The summed E-state index contributed by atoms with van der Waals surface area (Å²) < 4.78 is 5.52. The third-order valence-electron chi connectivity index (χ3n) is 4.95. The van der Waals surface area contributed by atoms with Gasteiger partial charge in [0.05, 0.1) is 6.10 Å². The van der Waals surface area contributed by atoms with Gasteiger partial charge in [-0.1, -0.05) is 6.92 Å². The van der Waals surface area contributed by atoms with Gasteiger partial charge in [-0.15, -0.1) is 0 Å². The average molecular weight is 224 g/mol. The zero-order valence-electron chi connectivity index (χ0n) is 9.76. The Kier molecular flexibility index (Phi) is 2.46. The number of aliphatic hydroxyl groups excluding tert-OH is 1. The lowest BCUT2D eigenvalue weighted by atomic mass is 9.80. The van der Waals surface area contributed by atoms with Crippen LogP contribution < -0.4 is 0 Å². The van der Waals surface area contributed by atoms with Crippen LogP contribution in [0, 0.1) is 23.7 Å². The summed E-state index contributed by atoms with van der Waals surface area (Å²) in [6.45, 7) is 1.84. The third-order valence-corrected chi connectivity index (χ3v) is 4.95. The van der Waals surface area contributed by atoms with E-state index in [-0.39, 0.29) is 18.2 Å². The monoisotopic (exact) mass is 224 g/mol. The largest absolute Gasteiger partial charge is 0.462 e. The Morgan fingerprint density at radius 3 is 2.69 bits per heavy atom. The first-order chi connectivity index (χ1) is 7.69. The molecule has 3 rings (SSSR count). The van der Waals surface area contributed by atoms with Crippen LogP contribution in [-0.2, 0) is 9.53 Å². The molecule has 2 bridgehead atoms. The minimum Gasteiger partial charge on any atom is -0.462 e. The molecule has 3 fully saturated rings. The summed E-state index contributed by atoms with van der Waals surface area (Å²) >= 11 is 0. The Morgan fingerprint density at radius 1 is 1.19 bits per heavy atom. The summed E-state index contributed by atoms with van der Waals surface area (Å²) in [6, 6.07) is 0. The van der Waals surface area contributed by atoms with E-state index in [1.165, 1.54) is 6.42 Å². The van der Waals surface area contributed by atoms with Crippen LogP contribution in [0.1, 0.15) is 39.0 Å². The molecule has 16 heavy (non-hydrogen) atoms. The second kappa shape index (κ2) is 3.73. The molecule has 0 aromatic rings. The maximum atomic E-state index is 11.3. The zero-order chi connectivity index (χ0) is 11.3. The van der Waals surface area contributed by atoms with Gasteiger partial charge >= 0.3 is 5.97 Å². The van der Waals surface area contributed by atoms with Crippen molar-refractivity contribution in [1.29, 1.82) is 0 Å². The van der Waals surface area contributed by atoms with Crippen molar-refractivity contribution < 1.29 is 14.6 Å². The molecule has 6 unspecified atom stereocenters. The molecule has 0 saturated heterocycles. The van der Waals surface area contributed by atoms with E-state index < -0.39 is 0 Å². The molecule has 0 aromatic carbocycles. The predicted octanol–water partition coefficient (Wildman–Crippen LogP) is 1.74. The number of rotatable bonds is 2. The summed E-state index contributed by atoms with van der Waals surface area (Å²) in [5, 5.41) is 9.70. The highest BCUT2D eigenvalue weighted by Crippen LogP contribution is 2.59. The van der Waals surface area contributed by atoms with Gasteiger partial charge in [0.1, 0.15) is 6.10 Å². The summed E-state index contributed by atoms with van der Waals surface area (Å²) in [5.74, 6) is 2.54. The van der Waals surface area contributed by atoms with Gasteiger partial charge in [0.2, 0.25) is 0 Å². The first kappa shape index (κ1) is 10.6. The molecule has 0 aromatic heterocycles. The van der Waals surface area contributed by atoms with Crippen LogP contribution in [0.4, 0.5) is 0 Å². The Bertz CT molecular complexity index is 302. The lowest BCUT2D eigenvalue weighted by Gasteiger charge is -2.30. The number of ether oxygens (including phenoxy) is 1. The van der Waals surface area contributed by atoms with Crippen molar-refractivity contribution >= 4 is 5.97 Å². The quantitative estimate of drug-likeness (QED) is 0.727. The molecule has 0 aliphatic heterocycles. The highest BCUT2D eigenvalue weighted by atomic mass is 16.5. The van der Waals surface area contributed by atoms with Crippen molar-refractivity contribution in [2.24, 2.45) is 23.7 Å². The van der Waals surface area contributed by atoms with E-state index in [9.17, 15) is 9.90 Å². The number of hydrogen-bond donors (Lipinski definition) is 1. The summed E-state index contributed by atoms with van der Waals surface area (Å²) in [4.78, 5) is 11.3. The van der Waals surface area contributed by atoms with Crippen LogP contribution in [0.5, 0.6) is 0 Å². The fourth-order valence-electron chi connectivity index (χ4n) is 4.37. The van der Waals surface area contributed by atoms with Crippen LogP contribution in [0.3, 0.4) is 0 Å². The van der Waals surface area contributed by atoms with E-state index >= 15 is 0 Å². The lowest BCUT2D eigenvalue weighted by molar-refractivity contribution is -0.152. The minimum absolute atomic E-state index is 0.0624. The van der Waals surface area contributed by atoms with E-state index in [2.05, 4.69) is 0 Å². The molecule has 0 spiro atoms. The van der Waals surface area contributed by atoms with Gasteiger partial charge < -0.3 is 9.84 Å². The van der Waals surface area contributed by atoms with E-state index in [4.69, 9.17) is 4.74 Å². The van der Waals surface area contributed by atoms with Crippen molar-refractivity contribution in [2.75, 3.05) is 0 Å². The Hall–Kier alpha value is -0.570. The molecule has 3 heteroatoms. The van der Waals surface area contributed by atoms with Gasteiger partial charge in [-0.05, 0) is 49.4 Å². The molecule has 0 amide bonds. The smallest absolute Gasteiger partial charge is 0.305 e. The van der Waals surface area contributed by atoms with Crippen LogP contribution in [0.25, 0.3) is 0 Å². The van der Waals surface area contributed by atoms with Crippen LogP contribution in [-0.4, -0.2) is 23.3 Å².